The highest BCUT2D eigenvalue weighted by Gasteiger charge is 2.17. The van der Waals surface area contributed by atoms with E-state index >= 15 is 0 Å². The van der Waals surface area contributed by atoms with Gasteiger partial charge in [0.25, 0.3) is 0 Å². The average Bonchev–Trinajstić information content (AvgIpc) is 2.70. The minimum Gasteiger partial charge on any atom is -0.469 e. The number of hydrogen-bond acceptors (Lipinski definition) is 2. The summed E-state index contributed by atoms with van der Waals surface area (Å²) in [6, 6.07) is 6.52. The highest BCUT2D eigenvalue weighted by molar-refractivity contribution is 5.97. The van der Waals surface area contributed by atoms with Crippen molar-refractivity contribution in [2.24, 2.45) is 0 Å². The quantitative estimate of drug-likeness (QED) is 0.747. The molecule has 0 aliphatic rings. The van der Waals surface area contributed by atoms with E-state index in [0.717, 1.165) is 12.1 Å². The Labute approximate surface area is 90.5 Å². The van der Waals surface area contributed by atoms with Gasteiger partial charge in [0.2, 0.25) is 0 Å². The molecule has 2 nitrogen and oxygen atoms in total. The summed E-state index contributed by atoms with van der Waals surface area (Å²) < 4.78 is 31.4. The Bertz CT molecular complexity index is 483. The van der Waals surface area contributed by atoms with Crippen molar-refractivity contribution in [3.8, 4) is 0 Å². The summed E-state index contributed by atoms with van der Waals surface area (Å²) in [5.74, 6) is -1.95. The molecule has 0 bridgehead atoms. The van der Waals surface area contributed by atoms with Gasteiger partial charge in [0.05, 0.1) is 18.2 Å². The van der Waals surface area contributed by atoms with Crippen LogP contribution >= 0.6 is 0 Å². The SMILES string of the molecule is O=C(Cc1ccco1)c1c(F)cccc1F. The largest absolute Gasteiger partial charge is 0.469 e. The third-order valence-electron chi connectivity index (χ3n) is 2.16. The van der Waals surface area contributed by atoms with E-state index in [2.05, 4.69) is 0 Å². The van der Waals surface area contributed by atoms with Gasteiger partial charge in [-0.3, -0.25) is 4.79 Å². The van der Waals surface area contributed by atoms with Gasteiger partial charge in [-0.1, -0.05) is 6.07 Å². The Kier molecular flexibility index (Phi) is 2.81. The third-order valence-corrected chi connectivity index (χ3v) is 2.16. The number of halogens is 2. The van der Waals surface area contributed by atoms with Crippen LogP contribution in [0, 0.1) is 11.6 Å². The molecule has 0 N–H and O–H groups in total. The summed E-state index contributed by atoms with van der Waals surface area (Å²) in [7, 11) is 0. The number of rotatable bonds is 3. The number of furan rings is 1. The highest BCUT2D eigenvalue weighted by atomic mass is 19.1. The molecular formula is C12H8F2O2. The first-order valence-electron chi connectivity index (χ1n) is 4.68. The Morgan fingerprint density at radius 2 is 1.81 bits per heavy atom. The zero-order valence-corrected chi connectivity index (χ0v) is 8.24. The number of carbonyl (C=O) groups is 1. The van der Waals surface area contributed by atoms with Gasteiger partial charge in [0.15, 0.2) is 5.78 Å². The van der Waals surface area contributed by atoms with E-state index in [1.54, 1.807) is 12.1 Å². The molecule has 0 saturated heterocycles. The van der Waals surface area contributed by atoms with Crippen molar-refractivity contribution in [3.05, 3.63) is 59.6 Å². The molecule has 1 heterocycles. The maximum atomic E-state index is 13.2. The first kappa shape index (κ1) is 10.5. The van der Waals surface area contributed by atoms with Gasteiger partial charge in [-0.2, -0.15) is 0 Å². The molecule has 1 aromatic carbocycles. The molecule has 4 heteroatoms. The molecule has 16 heavy (non-hydrogen) atoms. The van der Waals surface area contributed by atoms with Crippen molar-refractivity contribution >= 4 is 5.78 Å². The minimum atomic E-state index is -0.850. The van der Waals surface area contributed by atoms with Crippen LogP contribution in [0.25, 0.3) is 0 Å². The topological polar surface area (TPSA) is 30.2 Å². The van der Waals surface area contributed by atoms with Gasteiger partial charge in [0.1, 0.15) is 17.4 Å². The maximum absolute atomic E-state index is 13.2. The second kappa shape index (κ2) is 4.26. The summed E-state index contributed by atoms with van der Waals surface area (Å²) in [5.41, 5.74) is -0.515. The van der Waals surface area contributed by atoms with E-state index in [0.29, 0.717) is 5.76 Å². The number of Topliss-reactive ketones (excluding diaryl/α,β-unsaturated/α-hetero) is 1. The van der Waals surface area contributed by atoms with Crippen molar-refractivity contribution in [3.63, 3.8) is 0 Å². The monoisotopic (exact) mass is 222 g/mol. The second-order valence-corrected chi connectivity index (χ2v) is 3.28. The fraction of sp³-hybridized carbons (Fsp3) is 0.0833. The zero-order chi connectivity index (χ0) is 11.5. The molecule has 0 unspecified atom stereocenters. The molecule has 0 atom stereocenters. The molecule has 2 rings (SSSR count). The molecule has 0 aliphatic heterocycles. The lowest BCUT2D eigenvalue weighted by molar-refractivity contribution is 0.0979. The Hall–Kier alpha value is -1.97. The van der Waals surface area contributed by atoms with Crippen molar-refractivity contribution in [1.82, 2.24) is 0 Å². The fourth-order valence-electron chi connectivity index (χ4n) is 1.42. The van der Waals surface area contributed by atoms with E-state index in [-0.39, 0.29) is 6.42 Å². The molecule has 82 valence electrons. The predicted octanol–water partition coefficient (Wildman–Crippen LogP) is 2.98. The number of benzene rings is 1. The normalized spacial score (nSPS) is 10.4. The molecule has 0 aliphatic carbocycles. The highest BCUT2D eigenvalue weighted by Crippen LogP contribution is 2.15. The summed E-state index contributed by atoms with van der Waals surface area (Å²) in [5, 5.41) is 0. The molecule has 1 aromatic heterocycles. The van der Waals surface area contributed by atoms with Crippen LogP contribution in [-0.4, -0.2) is 5.78 Å². The minimum absolute atomic E-state index is 0.148. The van der Waals surface area contributed by atoms with Gasteiger partial charge in [-0.25, -0.2) is 8.78 Å². The number of hydrogen-bond donors (Lipinski definition) is 0. The molecule has 0 radical (unpaired) electrons. The van der Waals surface area contributed by atoms with E-state index in [9.17, 15) is 13.6 Å². The maximum Gasteiger partial charge on any atom is 0.176 e. The summed E-state index contributed by atoms with van der Waals surface area (Å²) in [4.78, 5) is 11.6. The van der Waals surface area contributed by atoms with Gasteiger partial charge < -0.3 is 4.42 Å². The molecule has 0 saturated carbocycles. The number of carbonyl (C=O) groups excluding carboxylic acids is 1. The van der Waals surface area contributed by atoms with Gasteiger partial charge in [-0.15, -0.1) is 0 Å². The van der Waals surface area contributed by atoms with Crippen LogP contribution in [0.15, 0.2) is 41.0 Å². The first-order chi connectivity index (χ1) is 7.68. The first-order valence-corrected chi connectivity index (χ1v) is 4.68. The van der Waals surface area contributed by atoms with Gasteiger partial charge >= 0.3 is 0 Å². The smallest absolute Gasteiger partial charge is 0.176 e. The Morgan fingerprint density at radius 1 is 1.12 bits per heavy atom. The van der Waals surface area contributed by atoms with Crippen LogP contribution in [0.4, 0.5) is 8.78 Å². The van der Waals surface area contributed by atoms with Crippen molar-refractivity contribution in [2.45, 2.75) is 6.42 Å². The van der Waals surface area contributed by atoms with Crippen LogP contribution in [0.3, 0.4) is 0 Å². The van der Waals surface area contributed by atoms with Gasteiger partial charge in [0, 0.05) is 0 Å². The van der Waals surface area contributed by atoms with Crippen molar-refractivity contribution in [2.75, 3.05) is 0 Å². The molecule has 0 spiro atoms. The second-order valence-electron chi connectivity index (χ2n) is 3.28. The lowest BCUT2D eigenvalue weighted by atomic mass is 10.1. The lowest BCUT2D eigenvalue weighted by Crippen LogP contribution is -2.08. The Morgan fingerprint density at radius 3 is 2.38 bits per heavy atom. The average molecular weight is 222 g/mol. The van der Waals surface area contributed by atoms with E-state index in [4.69, 9.17) is 4.42 Å². The summed E-state index contributed by atoms with van der Waals surface area (Å²) in [6.07, 6.45) is 1.26. The van der Waals surface area contributed by atoms with Crippen LogP contribution in [-0.2, 0) is 6.42 Å². The van der Waals surface area contributed by atoms with E-state index in [1.165, 1.54) is 12.3 Å². The molecular weight excluding hydrogens is 214 g/mol. The van der Waals surface area contributed by atoms with Crippen LogP contribution in [0.5, 0.6) is 0 Å². The Balaban J connectivity index is 2.28. The standard InChI is InChI=1S/C12H8F2O2/c13-9-4-1-5-10(14)12(9)11(15)7-8-3-2-6-16-8/h1-6H,7H2. The molecule has 2 aromatic rings. The van der Waals surface area contributed by atoms with Crippen LogP contribution < -0.4 is 0 Å². The van der Waals surface area contributed by atoms with E-state index in [1.807, 2.05) is 0 Å². The number of ketones is 1. The van der Waals surface area contributed by atoms with Crippen LogP contribution in [0.2, 0.25) is 0 Å². The van der Waals surface area contributed by atoms with Crippen molar-refractivity contribution < 1.29 is 18.0 Å². The fourth-order valence-corrected chi connectivity index (χ4v) is 1.42. The lowest BCUT2D eigenvalue weighted by Gasteiger charge is -2.02. The predicted molar refractivity (Wildman–Crippen MR) is 53.1 cm³/mol. The summed E-state index contributed by atoms with van der Waals surface area (Å²) in [6.45, 7) is 0. The summed E-state index contributed by atoms with van der Waals surface area (Å²) >= 11 is 0. The van der Waals surface area contributed by atoms with Gasteiger partial charge in [-0.05, 0) is 24.3 Å². The van der Waals surface area contributed by atoms with E-state index < -0.39 is 23.0 Å². The third kappa shape index (κ3) is 2.00. The molecule has 0 fully saturated rings. The zero-order valence-electron chi connectivity index (χ0n) is 8.24. The van der Waals surface area contributed by atoms with Crippen LogP contribution in [0.1, 0.15) is 16.1 Å². The molecule has 0 amide bonds. The van der Waals surface area contributed by atoms with Crippen molar-refractivity contribution in [1.29, 1.82) is 0 Å².